The maximum Gasteiger partial charge on any atom is 0.160 e. The minimum atomic E-state index is -0.441. The summed E-state index contributed by atoms with van der Waals surface area (Å²) in [5, 5.41) is 5.09. The molecular weight excluding hydrogens is 727 g/mol. The van der Waals surface area contributed by atoms with Crippen LogP contribution >= 0.6 is 0 Å². The van der Waals surface area contributed by atoms with Crippen LogP contribution in [-0.2, 0) is 5.41 Å². The van der Waals surface area contributed by atoms with E-state index in [1.807, 2.05) is 12.1 Å². The molecule has 2 aromatic heterocycles. The molecule has 0 aliphatic heterocycles. The third-order valence-electron chi connectivity index (χ3n) is 13.0. The first-order valence-electron chi connectivity index (χ1n) is 20.7. The molecule has 0 bridgehead atoms. The molecule has 2 aliphatic carbocycles. The fourth-order valence-electron chi connectivity index (χ4n) is 10.6. The van der Waals surface area contributed by atoms with Gasteiger partial charge in [0.25, 0.3) is 0 Å². The lowest BCUT2D eigenvalue weighted by Crippen LogP contribution is -2.31. The molecule has 9 aromatic carbocycles. The van der Waals surface area contributed by atoms with E-state index in [1.165, 1.54) is 71.6 Å². The topological polar surface area (TPSA) is 30.7 Å². The number of rotatable bonds is 4. The Balaban J connectivity index is 1.09. The van der Waals surface area contributed by atoms with Crippen LogP contribution in [0.1, 0.15) is 22.3 Å². The second-order valence-electron chi connectivity index (χ2n) is 16.0. The van der Waals surface area contributed by atoms with Crippen molar-refractivity contribution in [3.05, 3.63) is 235 Å². The van der Waals surface area contributed by atoms with E-state index in [9.17, 15) is 0 Å². The van der Waals surface area contributed by atoms with Gasteiger partial charge in [-0.15, -0.1) is 0 Å². The number of aromatic nitrogens is 3. The first-order valence-corrected chi connectivity index (χ1v) is 20.7. The van der Waals surface area contributed by atoms with Gasteiger partial charge in [-0.1, -0.05) is 182 Å². The average molecular weight is 762 g/mol. The van der Waals surface area contributed by atoms with Gasteiger partial charge >= 0.3 is 0 Å². The zero-order valence-corrected chi connectivity index (χ0v) is 32.5. The number of hydrogen-bond acceptors (Lipinski definition) is 2. The van der Waals surface area contributed by atoms with E-state index < -0.39 is 5.41 Å². The predicted molar refractivity (Wildman–Crippen MR) is 246 cm³/mol. The molecule has 60 heavy (non-hydrogen) atoms. The zero-order valence-electron chi connectivity index (χ0n) is 32.5. The molecule has 0 atom stereocenters. The molecule has 0 saturated carbocycles. The molecule has 0 radical (unpaired) electrons. The number of benzene rings is 9. The lowest BCUT2D eigenvalue weighted by Gasteiger charge is -2.40. The maximum absolute atomic E-state index is 5.20. The van der Waals surface area contributed by atoms with E-state index in [0.717, 1.165) is 39.3 Å². The van der Waals surface area contributed by atoms with Gasteiger partial charge < -0.3 is 4.57 Å². The van der Waals surface area contributed by atoms with Crippen molar-refractivity contribution >= 4 is 32.6 Å². The minimum absolute atomic E-state index is 0.441. The van der Waals surface area contributed by atoms with E-state index in [0.29, 0.717) is 5.82 Å². The lowest BCUT2D eigenvalue weighted by atomic mass is 9.61. The molecule has 0 fully saturated rings. The molecule has 0 N–H and O–H groups in total. The highest BCUT2D eigenvalue weighted by atomic mass is 15.0. The lowest BCUT2D eigenvalue weighted by molar-refractivity contribution is 0.773. The molecule has 0 saturated heterocycles. The second kappa shape index (κ2) is 12.6. The molecule has 1 spiro atoms. The van der Waals surface area contributed by atoms with Crippen LogP contribution in [0.4, 0.5) is 0 Å². The van der Waals surface area contributed by atoms with Crippen molar-refractivity contribution in [3.63, 3.8) is 0 Å². The van der Waals surface area contributed by atoms with E-state index >= 15 is 0 Å². The maximum atomic E-state index is 5.20. The molecule has 11 aromatic rings. The Morgan fingerprint density at radius 1 is 0.333 bits per heavy atom. The Kier molecular flexibility index (Phi) is 6.93. The van der Waals surface area contributed by atoms with Gasteiger partial charge in [0.05, 0.1) is 27.8 Å². The molecule has 3 heteroatoms. The van der Waals surface area contributed by atoms with Crippen LogP contribution in [0.15, 0.2) is 212 Å². The smallest absolute Gasteiger partial charge is 0.160 e. The van der Waals surface area contributed by atoms with Gasteiger partial charge in [0, 0.05) is 33.2 Å². The predicted octanol–water partition coefficient (Wildman–Crippen LogP) is 14.1. The van der Waals surface area contributed by atoms with Gasteiger partial charge in [-0.2, -0.15) is 0 Å². The highest BCUT2D eigenvalue weighted by Crippen LogP contribution is 2.62. The first-order chi connectivity index (χ1) is 29.8. The number of para-hydroxylation sites is 1. The van der Waals surface area contributed by atoms with E-state index in [1.54, 1.807) is 0 Å². The summed E-state index contributed by atoms with van der Waals surface area (Å²) in [6.45, 7) is 0. The normalized spacial score (nSPS) is 13.1. The molecule has 278 valence electrons. The van der Waals surface area contributed by atoms with E-state index in [-0.39, 0.29) is 0 Å². The van der Waals surface area contributed by atoms with Gasteiger partial charge in [-0.3, -0.25) is 0 Å². The summed E-state index contributed by atoms with van der Waals surface area (Å²) >= 11 is 0. The number of fused-ring (bicyclic) bond motifs is 13. The highest BCUT2D eigenvalue weighted by Gasteiger charge is 2.50. The number of hydrogen-bond donors (Lipinski definition) is 0. The molecule has 0 unspecified atom stereocenters. The molecule has 13 rings (SSSR count). The quantitative estimate of drug-likeness (QED) is 0.179. The Hall–Kier alpha value is -7.88. The van der Waals surface area contributed by atoms with Gasteiger partial charge in [-0.25, -0.2) is 9.97 Å². The Bertz CT molecular complexity index is 3440. The van der Waals surface area contributed by atoms with Crippen molar-refractivity contribution in [2.24, 2.45) is 0 Å². The monoisotopic (exact) mass is 761 g/mol. The van der Waals surface area contributed by atoms with Crippen LogP contribution in [-0.4, -0.2) is 14.5 Å². The molecule has 0 amide bonds. The molecule has 3 nitrogen and oxygen atoms in total. The van der Waals surface area contributed by atoms with Crippen molar-refractivity contribution in [2.75, 3.05) is 0 Å². The van der Waals surface area contributed by atoms with Crippen molar-refractivity contribution in [3.8, 4) is 61.8 Å². The van der Waals surface area contributed by atoms with Crippen LogP contribution < -0.4 is 0 Å². The minimum Gasteiger partial charge on any atom is -0.309 e. The Labute approximate surface area is 347 Å². The first kappa shape index (κ1) is 33.1. The number of nitrogens with zero attached hydrogens (tertiary/aromatic N) is 3. The molecular formula is C57H35N3. The zero-order chi connectivity index (χ0) is 39.4. The summed E-state index contributed by atoms with van der Waals surface area (Å²) in [4.78, 5) is 10.4. The average Bonchev–Trinajstić information content (AvgIpc) is 3.82. The van der Waals surface area contributed by atoms with Crippen LogP contribution in [0.5, 0.6) is 0 Å². The summed E-state index contributed by atoms with van der Waals surface area (Å²) in [5.74, 6) is 0.694. The van der Waals surface area contributed by atoms with Gasteiger partial charge in [0.15, 0.2) is 5.82 Å². The van der Waals surface area contributed by atoms with Gasteiger partial charge in [0.1, 0.15) is 0 Å². The summed E-state index contributed by atoms with van der Waals surface area (Å²) in [5.41, 5.74) is 18.4. The van der Waals surface area contributed by atoms with Crippen LogP contribution in [0.2, 0.25) is 0 Å². The summed E-state index contributed by atoms with van der Waals surface area (Å²) in [6, 6.07) is 77.2. The van der Waals surface area contributed by atoms with Crippen molar-refractivity contribution in [1.29, 1.82) is 0 Å². The standard InChI is InChI=1S/C57H35N3/c1-3-17-36(18-4-1)50-35-51(37-19-5-2-6-20-37)59-56(58-50)38-21-15-22-39(33-38)60-52-32-14-10-26-43(52)55-44-27-16-31-49-54(44)45(34-53(55)60)42-25-9-13-30-48(42)57(49)46-28-11-7-23-40(46)41-24-8-12-29-47(41)57/h1-35H. The molecule has 2 heterocycles. The van der Waals surface area contributed by atoms with E-state index in [4.69, 9.17) is 9.97 Å². The molecule has 2 aliphatic rings. The Morgan fingerprint density at radius 3 is 1.48 bits per heavy atom. The second-order valence-corrected chi connectivity index (χ2v) is 16.0. The largest absolute Gasteiger partial charge is 0.309 e. The summed E-state index contributed by atoms with van der Waals surface area (Å²) in [6.07, 6.45) is 0. The SMILES string of the molecule is c1ccc(-c2cc(-c3ccccc3)nc(-c3cccc(-n4c5ccccc5c5c6cccc7c6c(cc54)-c4ccccc4C74c5ccccc5-c5ccccc54)c3)n2)cc1. The van der Waals surface area contributed by atoms with E-state index in [2.05, 4.69) is 205 Å². The Morgan fingerprint density at radius 2 is 0.833 bits per heavy atom. The summed E-state index contributed by atoms with van der Waals surface area (Å²) in [7, 11) is 0. The van der Waals surface area contributed by atoms with Gasteiger partial charge in [-0.05, 0) is 85.6 Å². The van der Waals surface area contributed by atoms with Crippen molar-refractivity contribution in [2.45, 2.75) is 5.41 Å². The van der Waals surface area contributed by atoms with Crippen molar-refractivity contribution < 1.29 is 0 Å². The van der Waals surface area contributed by atoms with Crippen LogP contribution in [0, 0.1) is 0 Å². The summed E-state index contributed by atoms with van der Waals surface area (Å²) < 4.78 is 2.45. The third-order valence-corrected chi connectivity index (χ3v) is 13.0. The van der Waals surface area contributed by atoms with Crippen LogP contribution in [0.3, 0.4) is 0 Å². The fourth-order valence-corrected chi connectivity index (χ4v) is 10.6. The highest BCUT2D eigenvalue weighted by molar-refractivity contribution is 6.26. The third kappa shape index (κ3) is 4.49. The van der Waals surface area contributed by atoms with Crippen molar-refractivity contribution in [1.82, 2.24) is 14.5 Å². The van der Waals surface area contributed by atoms with Gasteiger partial charge in [0.2, 0.25) is 0 Å². The fraction of sp³-hybridized carbons (Fsp3) is 0.0175. The van der Waals surface area contributed by atoms with Crippen LogP contribution in [0.25, 0.3) is 94.4 Å².